The van der Waals surface area contributed by atoms with Crippen LogP contribution in [0.5, 0.6) is 0 Å². The average molecular weight is 278 g/mol. The molecule has 0 fully saturated rings. The molecule has 0 atom stereocenters. The third kappa shape index (κ3) is 2.70. The maximum absolute atomic E-state index is 11.7. The van der Waals surface area contributed by atoms with Crippen molar-refractivity contribution in [3.8, 4) is 0 Å². The quantitative estimate of drug-likeness (QED) is 0.806. The van der Waals surface area contributed by atoms with Crippen LogP contribution in [-0.4, -0.2) is 20.7 Å². The van der Waals surface area contributed by atoms with Crippen molar-refractivity contribution in [2.45, 2.75) is 6.42 Å². The van der Waals surface area contributed by atoms with E-state index in [-0.39, 0.29) is 18.0 Å². The molecule has 0 N–H and O–H groups in total. The predicted molar refractivity (Wildman–Crippen MR) is 62.0 cm³/mol. The number of carbonyl (C=O) groups excluding carboxylic acids is 1. The van der Waals surface area contributed by atoms with Gasteiger partial charge in [-0.3, -0.25) is 9.78 Å². The Morgan fingerprint density at radius 2 is 1.94 bits per heavy atom. The molecule has 0 spiro atoms. The Kier molecular flexibility index (Phi) is 3.36. The molecule has 16 heavy (non-hydrogen) atoms. The molecule has 2 aromatic rings. The molecule has 0 unspecified atom stereocenters. The van der Waals surface area contributed by atoms with Crippen LogP contribution in [0.3, 0.4) is 0 Å². The van der Waals surface area contributed by atoms with Crippen LogP contribution in [0.4, 0.5) is 0 Å². The second-order valence-electron chi connectivity index (χ2n) is 3.14. The molecule has 0 saturated carbocycles. The summed E-state index contributed by atoms with van der Waals surface area (Å²) in [6, 6.07) is 5.32. The molecule has 0 aliphatic rings. The summed E-state index contributed by atoms with van der Waals surface area (Å²) >= 11 is 3.28. The Bertz CT molecular complexity index is 484. The van der Waals surface area contributed by atoms with Gasteiger partial charge in [-0.15, -0.1) is 0 Å². The lowest BCUT2D eigenvalue weighted by Gasteiger charge is -1.99. The third-order valence-corrected chi connectivity index (χ3v) is 2.41. The monoisotopic (exact) mass is 277 g/mol. The van der Waals surface area contributed by atoms with Gasteiger partial charge in [0.15, 0.2) is 5.82 Å². The molecule has 2 rings (SSSR count). The zero-order valence-electron chi connectivity index (χ0n) is 8.30. The van der Waals surface area contributed by atoms with Crippen LogP contribution in [-0.2, 0) is 6.42 Å². The molecule has 0 amide bonds. The summed E-state index contributed by atoms with van der Waals surface area (Å²) in [5, 5.41) is 0. The van der Waals surface area contributed by atoms with Gasteiger partial charge in [0.1, 0.15) is 0 Å². The molecular weight excluding hydrogens is 270 g/mol. The van der Waals surface area contributed by atoms with Gasteiger partial charge in [0.05, 0.1) is 6.42 Å². The van der Waals surface area contributed by atoms with Crippen molar-refractivity contribution in [2.24, 2.45) is 0 Å². The lowest BCUT2D eigenvalue weighted by Crippen LogP contribution is -2.08. The van der Waals surface area contributed by atoms with Crippen molar-refractivity contribution >= 4 is 21.7 Å². The number of rotatable bonds is 3. The number of halogens is 1. The van der Waals surface area contributed by atoms with Crippen LogP contribution < -0.4 is 0 Å². The van der Waals surface area contributed by atoms with Crippen molar-refractivity contribution in [3.05, 3.63) is 52.8 Å². The molecule has 2 aromatic heterocycles. The van der Waals surface area contributed by atoms with Gasteiger partial charge >= 0.3 is 0 Å². The van der Waals surface area contributed by atoms with Crippen LogP contribution in [0.2, 0.25) is 0 Å². The van der Waals surface area contributed by atoms with Crippen LogP contribution in [0, 0.1) is 0 Å². The number of hydrogen-bond acceptors (Lipinski definition) is 4. The van der Waals surface area contributed by atoms with E-state index in [0.29, 0.717) is 5.69 Å². The van der Waals surface area contributed by atoms with Crippen LogP contribution in [0.1, 0.15) is 16.3 Å². The molecule has 5 heteroatoms. The van der Waals surface area contributed by atoms with Crippen molar-refractivity contribution in [2.75, 3.05) is 0 Å². The summed E-state index contributed by atoms with van der Waals surface area (Å²) in [5.41, 5.74) is 0.709. The first-order valence-electron chi connectivity index (χ1n) is 4.66. The first-order chi connectivity index (χ1) is 7.75. The van der Waals surface area contributed by atoms with Gasteiger partial charge in [0.25, 0.3) is 0 Å². The Balaban J connectivity index is 2.11. The maximum atomic E-state index is 11.7. The van der Waals surface area contributed by atoms with E-state index in [1.165, 1.54) is 0 Å². The number of nitrogens with zero attached hydrogens (tertiary/aromatic N) is 3. The Labute approximate surface area is 101 Å². The van der Waals surface area contributed by atoms with Crippen molar-refractivity contribution in [3.63, 3.8) is 0 Å². The molecular formula is C11H8BrN3O. The zero-order chi connectivity index (χ0) is 11.4. The van der Waals surface area contributed by atoms with E-state index in [1.807, 2.05) is 6.07 Å². The highest BCUT2D eigenvalue weighted by molar-refractivity contribution is 9.10. The molecule has 2 heterocycles. The molecule has 0 saturated heterocycles. The van der Waals surface area contributed by atoms with E-state index in [9.17, 15) is 4.79 Å². The van der Waals surface area contributed by atoms with Gasteiger partial charge in [0.2, 0.25) is 5.78 Å². The minimum atomic E-state index is -0.129. The fourth-order valence-corrected chi connectivity index (χ4v) is 1.43. The van der Waals surface area contributed by atoms with Gasteiger partial charge in [-0.25, -0.2) is 9.97 Å². The van der Waals surface area contributed by atoms with Gasteiger partial charge in [-0.1, -0.05) is 0 Å². The van der Waals surface area contributed by atoms with Gasteiger partial charge in [0, 0.05) is 28.8 Å². The van der Waals surface area contributed by atoms with E-state index in [0.717, 1.165) is 4.47 Å². The van der Waals surface area contributed by atoms with Crippen molar-refractivity contribution in [1.29, 1.82) is 0 Å². The van der Waals surface area contributed by atoms with E-state index in [4.69, 9.17) is 0 Å². The minimum Gasteiger partial charge on any atom is -0.290 e. The average Bonchev–Trinajstić information content (AvgIpc) is 2.33. The number of ketones is 1. The summed E-state index contributed by atoms with van der Waals surface area (Å²) < 4.78 is 0.889. The third-order valence-electron chi connectivity index (χ3n) is 1.95. The van der Waals surface area contributed by atoms with E-state index >= 15 is 0 Å². The highest BCUT2D eigenvalue weighted by Gasteiger charge is 2.09. The Hall–Kier alpha value is -1.62. The largest absolute Gasteiger partial charge is 0.290 e. The maximum Gasteiger partial charge on any atom is 0.205 e. The fourth-order valence-electron chi connectivity index (χ4n) is 1.20. The molecule has 0 radical (unpaired) electrons. The highest BCUT2D eigenvalue weighted by Crippen LogP contribution is 2.08. The fraction of sp³-hybridized carbons (Fsp3) is 0.0909. The van der Waals surface area contributed by atoms with E-state index in [2.05, 4.69) is 30.9 Å². The van der Waals surface area contributed by atoms with E-state index in [1.54, 1.807) is 30.7 Å². The SMILES string of the molecule is O=C(Cc1ccc(Br)cn1)c1ncccn1. The number of hydrogen-bond donors (Lipinski definition) is 0. The van der Waals surface area contributed by atoms with Crippen LogP contribution in [0.15, 0.2) is 41.3 Å². The normalized spacial score (nSPS) is 10.1. The minimum absolute atomic E-state index is 0.129. The second-order valence-corrected chi connectivity index (χ2v) is 4.06. The first-order valence-corrected chi connectivity index (χ1v) is 5.45. The molecule has 4 nitrogen and oxygen atoms in total. The number of carbonyl (C=O) groups is 1. The van der Waals surface area contributed by atoms with Crippen LogP contribution >= 0.6 is 15.9 Å². The lowest BCUT2D eigenvalue weighted by atomic mass is 10.2. The summed E-state index contributed by atoms with van der Waals surface area (Å²) in [4.78, 5) is 23.6. The summed E-state index contributed by atoms with van der Waals surface area (Å²) in [6.07, 6.45) is 4.98. The van der Waals surface area contributed by atoms with Gasteiger partial charge in [-0.2, -0.15) is 0 Å². The van der Waals surface area contributed by atoms with Gasteiger partial charge < -0.3 is 0 Å². The summed E-state index contributed by atoms with van der Waals surface area (Å²) in [7, 11) is 0. The predicted octanol–water partition coefficient (Wildman–Crippen LogP) is 2.06. The molecule has 0 aliphatic carbocycles. The summed E-state index contributed by atoms with van der Waals surface area (Å²) in [6.45, 7) is 0. The van der Waals surface area contributed by atoms with Crippen molar-refractivity contribution in [1.82, 2.24) is 15.0 Å². The highest BCUT2D eigenvalue weighted by atomic mass is 79.9. The smallest absolute Gasteiger partial charge is 0.205 e. The number of aromatic nitrogens is 3. The van der Waals surface area contributed by atoms with Crippen molar-refractivity contribution < 1.29 is 4.79 Å². The standard InChI is InChI=1S/C11H8BrN3O/c12-8-2-3-9(15-7-8)6-10(16)11-13-4-1-5-14-11/h1-5,7H,6H2. The Morgan fingerprint density at radius 1 is 1.19 bits per heavy atom. The Morgan fingerprint density at radius 3 is 2.56 bits per heavy atom. The van der Waals surface area contributed by atoms with Crippen LogP contribution in [0.25, 0.3) is 0 Å². The molecule has 0 aromatic carbocycles. The molecule has 0 bridgehead atoms. The number of pyridine rings is 1. The second kappa shape index (κ2) is 4.94. The van der Waals surface area contributed by atoms with E-state index < -0.39 is 0 Å². The summed E-state index contributed by atoms with van der Waals surface area (Å²) in [5.74, 6) is 0.0997. The topological polar surface area (TPSA) is 55.7 Å². The molecule has 80 valence electrons. The first kappa shape index (κ1) is 10.9. The molecule has 0 aliphatic heterocycles. The zero-order valence-corrected chi connectivity index (χ0v) is 9.89. The van der Waals surface area contributed by atoms with Gasteiger partial charge in [-0.05, 0) is 34.1 Å². The number of Topliss-reactive ketones (excluding diaryl/α,β-unsaturated/α-hetero) is 1. The lowest BCUT2D eigenvalue weighted by molar-refractivity contribution is 0.0982.